The van der Waals surface area contributed by atoms with Gasteiger partial charge in [-0.2, -0.15) is 0 Å². The van der Waals surface area contributed by atoms with Crippen LogP contribution in [0.3, 0.4) is 0 Å². The second-order valence-corrected chi connectivity index (χ2v) is 6.49. The summed E-state index contributed by atoms with van der Waals surface area (Å²) < 4.78 is 0. The van der Waals surface area contributed by atoms with Gasteiger partial charge in [-0.25, -0.2) is 0 Å². The molecule has 3 nitrogen and oxygen atoms in total. The van der Waals surface area contributed by atoms with Crippen molar-refractivity contribution in [3.8, 4) is 0 Å². The van der Waals surface area contributed by atoms with E-state index in [4.69, 9.17) is 0 Å². The van der Waals surface area contributed by atoms with Gasteiger partial charge in [-0.05, 0) is 56.2 Å². The first-order valence-corrected chi connectivity index (χ1v) is 8.27. The van der Waals surface area contributed by atoms with Gasteiger partial charge in [-0.1, -0.05) is 37.6 Å². The first-order chi connectivity index (χ1) is 10.2. The highest BCUT2D eigenvalue weighted by Crippen LogP contribution is 2.44. The number of fused-ring (bicyclic) bond motifs is 1. The van der Waals surface area contributed by atoms with Crippen molar-refractivity contribution in [2.75, 3.05) is 6.54 Å². The fourth-order valence-corrected chi connectivity index (χ4v) is 4.42. The van der Waals surface area contributed by atoms with E-state index < -0.39 is 11.5 Å². The normalized spacial score (nSPS) is 29.3. The van der Waals surface area contributed by atoms with Crippen molar-refractivity contribution < 1.29 is 9.90 Å². The minimum atomic E-state index is -0.635. The number of hydrogen-bond donors (Lipinski definition) is 1. The minimum absolute atomic E-state index is 0.292. The molecule has 0 radical (unpaired) electrons. The molecule has 1 saturated heterocycles. The number of carboxylic acid groups (broad SMARTS) is 1. The first kappa shape index (κ1) is 14.6. The maximum atomic E-state index is 12.0. The Morgan fingerprint density at radius 3 is 2.95 bits per heavy atom. The standard InChI is InChI=1S/C18H25NO2/c1-2-11-18(17(20)21)12-6-13-19(18)16-10-5-8-14-7-3-4-9-15(14)16/h3-4,7,9,16H,2,5-6,8,10-13H2,1H3,(H,20,21). The lowest BCUT2D eigenvalue weighted by Crippen LogP contribution is -2.52. The lowest BCUT2D eigenvalue weighted by Gasteiger charge is -2.42. The molecule has 114 valence electrons. The molecule has 1 N–H and O–H groups in total. The van der Waals surface area contributed by atoms with E-state index in [1.165, 1.54) is 17.5 Å². The molecule has 0 bridgehead atoms. The molecule has 3 heteroatoms. The molecule has 1 fully saturated rings. The molecule has 1 aliphatic heterocycles. The fraction of sp³-hybridized carbons (Fsp3) is 0.611. The molecule has 1 aromatic carbocycles. The molecular weight excluding hydrogens is 262 g/mol. The molecule has 1 heterocycles. The average molecular weight is 287 g/mol. The summed E-state index contributed by atoms with van der Waals surface area (Å²) in [4.78, 5) is 14.4. The number of nitrogens with zero attached hydrogens (tertiary/aromatic N) is 1. The Morgan fingerprint density at radius 1 is 1.38 bits per heavy atom. The summed E-state index contributed by atoms with van der Waals surface area (Å²) in [5.41, 5.74) is 2.15. The van der Waals surface area contributed by atoms with E-state index in [-0.39, 0.29) is 0 Å². The van der Waals surface area contributed by atoms with Crippen LogP contribution in [-0.4, -0.2) is 28.1 Å². The van der Waals surface area contributed by atoms with Crippen molar-refractivity contribution in [3.05, 3.63) is 35.4 Å². The molecule has 0 aromatic heterocycles. The van der Waals surface area contributed by atoms with Crippen LogP contribution in [-0.2, 0) is 11.2 Å². The molecule has 0 spiro atoms. The third-order valence-electron chi connectivity index (χ3n) is 5.31. The van der Waals surface area contributed by atoms with Gasteiger partial charge in [0.1, 0.15) is 5.54 Å². The van der Waals surface area contributed by atoms with E-state index in [2.05, 4.69) is 36.1 Å². The zero-order valence-corrected chi connectivity index (χ0v) is 12.8. The van der Waals surface area contributed by atoms with Crippen LogP contribution in [0, 0.1) is 0 Å². The van der Waals surface area contributed by atoms with Crippen molar-refractivity contribution >= 4 is 5.97 Å². The number of carbonyl (C=O) groups is 1. The molecule has 2 unspecified atom stereocenters. The molecule has 0 amide bonds. The monoisotopic (exact) mass is 287 g/mol. The van der Waals surface area contributed by atoms with E-state index in [9.17, 15) is 9.90 Å². The number of carboxylic acids is 1. The average Bonchev–Trinajstić information content (AvgIpc) is 2.92. The summed E-state index contributed by atoms with van der Waals surface area (Å²) in [6, 6.07) is 8.90. The zero-order valence-electron chi connectivity index (χ0n) is 12.8. The number of aryl methyl sites for hydroxylation is 1. The van der Waals surface area contributed by atoms with Crippen LogP contribution < -0.4 is 0 Å². The minimum Gasteiger partial charge on any atom is -0.480 e. The number of rotatable bonds is 4. The molecule has 2 atom stereocenters. The Balaban J connectivity index is 1.98. The van der Waals surface area contributed by atoms with Crippen LogP contribution in [0.5, 0.6) is 0 Å². The third kappa shape index (κ3) is 2.38. The van der Waals surface area contributed by atoms with E-state index >= 15 is 0 Å². The third-order valence-corrected chi connectivity index (χ3v) is 5.31. The second kappa shape index (κ2) is 5.80. The molecule has 2 aliphatic rings. The summed E-state index contributed by atoms with van der Waals surface area (Å²) in [5.74, 6) is -0.620. The van der Waals surface area contributed by atoms with Gasteiger partial charge in [-0.3, -0.25) is 9.69 Å². The quantitative estimate of drug-likeness (QED) is 0.916. The lowest BCUT2D eigenvalue weighted by molar-refractivity contribution is -0.152. The van der Waals surface area contributed by atoms with Gasteiger partial charge in [0, 0.05) is 6.04 Å². The summed E-state index contributed by atoms with van der Waals surface area (Å²) in [5, 5.41) is 9.90. The van der Waals surface area contributed by atoms with Crippen LogP contribution in [0.2, 0.25) is 0 Å². The van der Waals surface area contributed by atoms with Gasteiger partial charge >= 0.3 is 5.97 Å². The molecular formula is C18H25NO2. The number of likely N-dealkylation sites (tertiary alicyclic amines) is 1. The Hall–Kier alpha value is -1.35. The maximum absolute atomic E-state index is 12.0. The predicted octanol–water partition coefficient (Wildman–Crippen LogP) is 3.78. The molecule has 1 aliphatic carbocycles. The first-order valence-electron chi connectivity index (χ1n) is 8.27. The lowest BCUT2D eigenvalue weighted by atomic mass is 9.83. The smallest absolute Gasteiger partial charge is 0.324 e. The van der Waals surface area contributed by atoms with Crippen LogP contribution in [0.15, 0.2) is 24.3 Å². The van der Waals surface area contributed by atoms with E-state index in [0.717, 1.165) is 45.1 Å². The van der Waals surface area contributed by atoms with Gasteiger partial charge in [0.2, 0.25) is 0 Å². The van der Waals surface area contributed by atoms with Crippen molar-refractivity contribution in [3.63, 3.8) is 0 Å². The van der Waals surface area contributed by atoms with E-state index in [1.54, 1.807) is 0 Å². The van der Waals surface area contributed by atoms with Crippen LogP contribution >= 0.6 is 0 Å². The summed E-state index contributed by atoms with van der Waals surface area (Å²) in [6.45, 7) is 3.02. The fourth-order valence-electron chi connectivity index (χ4n) is 4.42. The SMILES string of the molecule is CCCC1(C(=O)O)CCCN1C1CCCc2ccccc21. The van der Waals surface area contributed by atoms with Gasteiger partial charge in [-0.15, -0.1) is 0 Å². The van der Waals surface area contributed by atoms with Crippen molar-refractivity contribution in [2.24, 2.45) is 0 Å². The largest absolute Gasteiger partial charge is 0.480 e. The number of benzene rings is 1. The summed E-state index contributed by atoms with van der Waals surface area (Å²) in [7, 11) is 0. The molecule has 21 heavy (non-hydrogen) atoms. The Labute approximate surface area is 127 Å². The second-order valence-electron chi connectivity index (χ2n) is 6.49. The topological polar surface area (TPSA) is 40.5 Å². The van der Waals surface area contributed by atoms with Crippen molar-refractivity contribution in [1.82, 2.24) is 4.90 Å². The Kier molecular flexibility index (Phi) is 4.03. The van der Waals surface area contributed by atoms with Crippen molar-refractivity contribution in [2.45, 2.75) is 63.5 Å². The van der Waals surface area contributed by atoms with Gasteiger partial charge in [0.05, 0.1) is 0 Å². The van der Waals surface area contributed by atoms with Gasteiger partial charge in [0.15, 0.2) is 0 Å². The summed E-state index contributed by atoms with van der Waals surface area (Å²) in [6.07, 6.45) is 6.89. The zero-order chi connectivity index (χ0) is 14.9. The number of hydrogen-bond acceptors (Lipinski definition) is 2. The van der Waals surface area contributed by atoms with Crippen LogP contribution in [0.1, 0.15) is 62.6 Å². The van der Waals surface area contributed by atoms with E-state index in [0.29, 0.717) is 6.04 Å². The highest BCUT2D eigenvalue weighted by molar-refractivity contribution is 5.79. The highest BCUT2D eigenvalue weighted by atomic mass is 16.4. The summed E-state index contributed by atoms with van der Waals surface area (Å²) >= 11 is 0. The van der Waals surface area contributed by atoms with Crippen LogP contribution in [0.4, 0.5) is 0 Å². The maximum Gasteiger partial charge on any atom is 0.324 e. The Bertz CT molecular complexity index is 528. The molecule has 3 rings (SSSR count). The van der Waals surface area contributed by atoms with Gasteiger partial charge < -0.3 is 5.11 Å². The van der Waals surface area contributed by atoms with Gasteiger partial charge in [0.25, 0.3) is 0 Å². The van der Waals surface area contributed by atoms with Crippen LogP contribution in [0.25, 0.3) is 0 Å². The highest BCUT2D eigenvalue weighted by Gasteiger charge is 2.50. The Morgan fingerprint density at radius 2 is 2.19 bits per heavy atom. The molecule has 0 saturated carbocycles. The van der Waals surface area contributed by atoms with Crippen molar-refractivity contribution in [1.29, 1.82) is 0 Å². The molecule has 1 aromatic rings. The van der Waals surface area contributed by atoms with E-state index in [1.807, 2.05) is 0 Å². The predicted molar refractivity (Wildman–Crippen MR) is 83.3 cm³/mol. The number of aliphatic carboxylic acids is 1.